The zero-order valence-electron chi connectivity index (χ0n) is 9.55. The number of nitrogens with zero attached hydrogens (tertiary/aromatic N) is 4. The van der Waals surface area contributed by atoms with Gasteiger partial charge in [0.2, 0.25) is 0 Å². The molecule has 0 N–H and O–H groups in total. The summed E-state index contributed by atoms with van der Waals surface area (Å²) in [5.74, 6) is 0. The Balaban J connectivity index is 1.76. The summed E-state index contributed by atoms with van der Waals surface area (Å²) in [6.45, 7) is 4.84. The molecule has 3 rings (SSSR count). The maximum atomic E-state index is 4.11. The van der Waals surface area contributed by atoms with E-state index in [0.29, 0.717) is 0 Å². The molecule has 4 heteroatoms. The van der Waals surface area contributed by atoms with Gasteiger partial charge in [-0.25, -0.2) is 9.97 Å². The van der Waals surface area contributed by atoms with Crippen molar-refractivity contribution in [3.8, 4) is 0 Å². The number of hydrogen-bond acceptors (Lipinski definition) is 4. The summed E-state index contributed by atoms with van der Waals surface area (Å²) in [6, 6.07) is 0.753. The minimum absolute atomic E-state index is 0.753. The molecule has 0 aromatic carbocycles. The van der Waals surface area contributed by atoms with Gasteiger partial charge in [-0.2, -0.15) is 0 Å². The molecule has 86 valence electrons. The third kappa shape index (κ3) is 1.89. The van der Waals surface area contributed by atoms with Crippen LogP contribution < -0.4 is 4.90 Å². The van der Waals surface area contributed by atoms with Crippen LogP contribution in [0, 0.1) is 0 Å². The Kier molecular flexibility index (Phi) is 2.74. The molecule has 1 atom stereocenters. The van der Waals surface area contributed by atoms with Gasteiger partial charge in [0, 0.05) is 25.7 Å². The molecule has 1 aromatic heterocycles. The van der Waals surface area contributed by atoms with Crippen LogP contribution in [0.25, 0.3) is 0 Å². The van der Waals surface area contributed by atoms with Crippen molar-refractivity contribution >= 4 is 5.69 Å². The minimum atomic E-state index is 0.753. The maximum absolute atomic E-state index is 4.11. The van der Waals surface area contributed by atoms with E-state index in [1.807, 2.05) is 12.4 Å². The van der Waals surface area contributed by atoms with Crippen LogP contribution in [0.2, 0.25) is 0 Å². The van der Waals surface area contributed by atoms with Gasteiger partial charge in [-0.05, 0) is 25.8 Å². The Morgan fingerprint density at radius 1 is 1.06 bits per heavy atom. The van der Waals surface area contributed by atoms with Gasteiger partial charge in [0.25, 0.3) is 0 Å². The second kappa shape index (κ2) is 4.37. The molecular formula is C12H18N4. The molecule has 0 amide bonds. The SMILES string of the molecule is c1ncc(N2CCCN3CCCC3C2)cn1. The van der Waals surface area contributed by atoms with Crippen molar-refractivity contribution < 1.29 is 0 Å². The number of fused-ring (bicyclic) bond motifs is 1. The monoisotopic (exact) mass is 218 g/mol. The lowest BCUT2D eigenvalue weighted by Crippen LogP contribution is -2.36. The van der Waals surface area contributed by atoms with Gasteiger partial charge in [0.15, 0.2) is 0 Å². The first-order valence-corrected chi connectivity index (χ1v) is 6.17. The van der Waals surface area contributed by atoms with E-state index in [-0.39, 0.29) is 0 Å². The van der Waals surface area contributed by atoms with Gasteiger partial charge in [0.1, 0.15) is 6.33 Å². The van der Waals surface area contributed by atoms with Crippen molar-refractivity contribution in [1.29, 1.82) is 0 Å². The Hall–Kier alpha value is -1.16. The third-order valence-corrected chi connectivity index (χ3v) is 3.72. The van der Waals surface area contributed by atoms with E-state index in [1.54, 1.807) is 6.33 Å². The molecule has 16 heavy (non-hydrogen) atoms. The molecule has 2 aliphatic heterocycles. The quantitative estimate of drug-likeness (QED) is 0.708. The van der Waals surface area contributed by atoms with E-state index in [1.165, 1.54) is 38.0 Å². The van der Waals surface area contributed by atoms with E-state index in [9.17, 15) is 0 Å². The maximum Gasteiger partial charge on any atom is 0.115 e. The molecule has 0 bridgehead atoms. The zero-order chi connectivity index (χ0) is 10.8. The Morgan fingerprint density at radius 3 is 2.75 bits per heavy atom. The van der Waals surface area contributed by atoms with Gasteiger partial charge < -0.3 is 4.90 Å². The molecule has 0 radical (unpaired) electrons. The fourth-order valence-electron chi connectivity index (χ4n) is 2.90. The lowest BCUT2D eigenvalue weighted by Gasteiger charge is -2.26. The van der Waals surface area contributed by atoms with Gasteiger partial charge in [-0.3, -0.25) is 4.90 Å². The molecular weight excluding hydrogens is 200 g/mol. The lowest BCUT2D eigenvalue weighted by atomic mass is 10.2. The average molecular weight is 218 g/mol. The first kappa shape index (κ1) is 10.0. The van der Waals surface area contributed by atoms with E-state index >= 15 is 0 Å². The van der Waals surface area contributed by atoms with Crippen molar-refractivity contribution in [2.45, 2.75) is 25.3 Å². The number of rotatable bonds is 1. The second-order valence-electron chi connectivity index (χ2n) is 4.73. The van der Waals surface area contributed by atoms with Crippen LogP contribution in [0.4, 0.5) is 5.69 Å². The molecule has 1 aromatic rings. The smallest absolute Gasteiger partial charge is 0.115 e. The number of hydrogen-bond donors (Lipinski definition) is 0. The first-order valence-electron chi connectivity index (χ1n) is 6.17. The molecule has 0 spiro atoms. The summed E-state index contributed by atoms with van der Waals surface area (Å²) in [5.41, 5.74) is 1.18. The topological polar surface area (TPSA) is 32.3 Å². The van der Waals surface area contributed by atoms with E-state index in [2.05, 4.69) is 19.8 Å². The van der Waals surface area contributed by atoms with E-state index in [0.717, 1.165) is 19.1 Å². The van der Waals surface area contributed by atoms with Crippen LogP contribution >= 0.6 is 0 Å². The van der Waals surface area contributed by atoms with Gasteiger partial charge in [-0.1, -0.05) is 0 Å². The normalized spacial score (nSPS) is 26.5. The number of anilines is 1. The Morgan fingerprint density at radius 2 is 1.88 bits per heavy atom. The van der Waals surface area contributed by atoms with Crippen LogP contribution in [0.1, 0.15) is 19.3 Å². The summed E-state index contributed by atoms with van der Waals surface area (Å²) in [4.78, 5) is 13.3. The van der Waals surface area contributed by atoms with Crippen LogP contribution in [0.3, 0.4) is 0 Å². The van der Waals surface area contributed by atoms with Crippen molar-refractivity contribution in [3.63, 3.8) is 0 Å². The predicted molar refractivity (Wildman–Crippen MR) is 63.5 cm³/mol. The van der Waals surface area contributed by atoms with Gasteiger partial charge in [-0.15, -0.1) is 0 Å². The van der Waals surface area contributed by atoms with Crippen LogP contribution in [0.15, 0.2) is 18.7 Å². The standard InChI is InChI=1S/C12H18N4/c1-3-11-9-16(6-2-5-15(11)4-1)12-7-13-10-14-8-12/h7-8,10-11H,1-6,9H2. The summed E-state index contributed by atoms with van der Waals surface area (Å²) in [7, 11) is 0. The highest BCUT2D eigenvalue weighted by Crippen LogP contribution is 2.23. The highest BCUT2D eigenvalue weighted by molar-refractivity contribution is 5.41. The predicted octanol–water partition coefficient (Wildman–Crippen LogP) is 1.15. The zero-order valence-corrected chi connectivity index (χ0v) is 9.55. The van der Waals surface area contributed by atoms with Gasteiger partial charge in [0.05, 0.1) is 18.1 Å². The summed E-state index contributed by atoms with van der Waals surface area (Å²) in [5, 5.41) is 0. The highest BCUT2D eigenvalue weighted by atomic mass is 15.3. The van der Waals surface area contributed by atoms with Crippen LogP contribution in [-0.4, -0.2) is 47.1 Å². The molecule has 3 heterocycles. The van der Waals surface area contributed by atoms with Crippen LogP contribution in [0.5, 0.6) is 0 Å². The fourth-order valence-corrected chi connectivity index (χ4v) is 2.90. The average Bonchev–Trinajstić information content (AvgIpc) is 2.68. The summed E-state index contributed by atoms with van der Waals surface area (Å²) in [6.07, 6.45) is 9.43. The second-order valence-corrected chi connectivity index (χ2v) is 4.73. The van der Waals surface area contributed by atoms with Crippen LogP contribution in [-0.2, 0) is 0 Å². The summed E-state index contributed by atoms with van der Waals surface area (Å²) < 4.78 is 0. The minimum Gasteiger partial charge on any atom is -0.367 e. The van der Waals surface area contributed by atoms with Crippen molar-refractivity contribution in [2.24, 2.45) is 0 Å². The molecule has 2 fully saturated rings. The van der Waals surface area contributed by atoms with E-state index < -0.39 is 0 Å². The van der Waals surface area contributed by atoms with Crippen molar-refractivity contribution in [2.75, 3.05) is 31.1 Å². The fraction of sp³-hybridized carbons (Fsp3) is 0.667. The first-order chi connectivity index (χ1) is 7.93. The van der Waals surface area contributed by atoms with Gasteiger partial charge >= 0.3 is 0 Å². The van der Waals surface area contributed by atoms with Crippen molar-refractivity contribution in [1.82, 2.24) is 14.9 Å². The molecule has 2 saturated heterocycles. The number of aromatic nitrogens is 2. The molecule has 4 nitrogen and oxygen atoms in total. The molecule has 0 aliphatic carbocycles. The molecule has 0 saturated carbocycles. The lowest BCUT2D eigenvalue weighted by molar-refractivity contribution is 0.273. The van der Waals surface area contributed by atoms with Crippen molar-refractivity contribution in [3.05, 3.63) is 18.7 Å². The Bertz CT molecular complexity index is 340. The van der Waals surface area contributed by atoms with E-state index in [4.69, 9.17) is 0 Å². The third-order valence-electron chi connectivity index (χ3n) is 3.72. The molecule has 2 aliphatic rings. The molecule has 1 unspecified atom stereocenters. The highest BCUT2D eigenvalue weighted by Gasteiger charge is 2.28. The largest absolute Gasteiger partial charge is 0.367 e. The Labute approximate surface area is 96.3 Å². The summed E-state index contributed by atoms with van der Waals surface area (Å²) >= 11 is 0.